The lowest BCUT2D eigenvalue weighted by atomic mass is 9.71. The van der Waals surface area contributed by atoms with Crippen LogP contribution in [0.5, 0.6) is 0 Å². The van der Waals surface area contributed by atoms with Gasteiger partial charge in [-0.05, 0) is 18.8 Å². The van der Waals surface area contributed by atoms with E-state index in [0.717, 1.165) is 12.8 Å². The number of nitrogens with zero attached hydrogens (tertiary/aromatic N) is 1. The largest absolute Gasteiger partial charge is 0.533 e. The van der Waals surface area contributed by atoms with E-state index >= 15 is 0 Å². The Morgan fingerprint density at radius 3 is 2.44 bits per heavy atom. The Morgan fingerprint density at radius 2 is 1.89 bits per heavy atom. The second-order valence-electron chi connectivity index (χ2n) is 5.07. The lowest BCUT2D eigenvalue weighted by molar-refractivity contribution is -0.177. The SMILES string of the molecule is O=C(OCC1CC2(C=C2)C1)ON1C(=O)CCC1=O. The molecule has 0 radical (unpaired) electrons. The van der Waals surface area contributed by atoms with Gasteiger partial charge >= 0.3 is 6.16 Å². The maximum atomic E-state index is 11.3. The van der Waals surface area contributed by atoms with Crippen LogP contribution in [0.1, 0.15) is 25.7 Å². The summed E-state index contributed by atoms with van der Waals surface area (Å²) in [6.45, 7) is 0.276. The summed E-state index contributed by atoms with van der Waals surface area (Å²) in [5.74, 6) is -0.652. The molecule has 3 aliphatic rings. The van der Waals surface area contributed by atoms with Crippen LogP contribution in [-0.4, -0.2) is 29.6 Å². The number of ether oxygens (including phenoxy) is 1. The number of imide groups is 1. The van der Waals surface area contributed by atoms with Crippen LogP contribution in [0.4, 0.5) is 4.79 Å². The zero-order valence-electron chi connectivity index (χ0n) is 9.76. The Kier molecular flexibility index (Phi) is 2.39. The molecule has 2 amide bonds. The van der Waals surface area contributed by atoms with Gasteiger partial charge in [0.1, 0.15) is 0 Å². The molecule has 0 bridgehead atoms. The molecule has 18 heavy (non-hydrogen) atoms. The fourth-order valence-electron chi connectivity index (χ4n) is 2.47. The third-order valence-electron chi connectivity index (χ3n) is 3.58. The average molecular weight is 251 g/mol. The first-order chi connectivity index (χ1) is 8.58. The van der Waals surface area contributed by atoms with Gasteiger partial charge in [0.2, 0.25) is 0 Å². The third kappa shape index (κ3) is 1.98. The van der Waals surface area contributed by atoms with Gasteiger partial charge in [0.25, 0.3) is 11.8 Å². The van der Waals surface area contributed by atoms with E-state index in [1.54, 1.807) is 0 Å². The highest BCUT2D eigenvalue weighted by Gasteiger charge is 2.47. The van der Waals surface area contributed by atoms with Gasteiger partial charge in [-0.3, -0.25) is 14.4 Å². The predicted octanol–water partition coefficient (Wildman–Crippen LogP) is 1.17. The fraction of sp³-hybridized carbons (Fsp3) is 0.583. The van der Waals surface area contributed by atoms with Crippen molar-refractivity contribution in [2.75, 3.05) is 6.61 Å². The second-order valence-corrected chi connectivity index (χ2v) is 5.07. The quantitative estimate of drug-likeness (QED) is 0.427. The molecule has 0 aromatic heterocycles. The Labute approximate surface area is 103 Å². The number of rotatable bonds is 3. The van der Waals surface area contributed by atoms with Gasteiger partial charge < -0.3 is 4.74 Å². The van der Waals surface area contributed by atoms with Crippen LogP contribution in [0.25, 0.3) is 0 Å². The molecule has 96 valence electrons. The molecule has 1 saturated heterocycles. The molecule has 2 aliphatic carbocycles. The van der Waals surface area contributed by atoms with Crippen molar-refractivity contribution in [2.45, 2.75) is 25.7 Å². The Balaban J connectivity index is 1.39. The van der Waals surface area contributed by atoms with Crippen molar-refractivity contribution in [2.24, 2.45) is 11.3 Å². The minimum atomic E-state index is -0.983. The minimum Gasteiger partial charge on any atom is -0.432 e. The zero-order valence-corrected chi connectivity index (χ0v) is 9.76. The molecule has 0 N–H and O–H groups in total. The highest BCUT2D eigenvalue weighted by atomic mass is 16.8. The number of hydrogen-bond acceptors (Lipinski definition) is 5. The first-order valence-electron chi connectivity index (χ1n) is 5.99. The third-order valence-corrected chi connectivity index (χ3v) is 3.58. The maximum absolute atomic E-state index is 11.3. The molecule has 0 aromatic carbocycles. The highest BCUT2D eigenvalue weighted by Crippen LogP contribution is 2.56. The average Bonchev–Trinajstić information content (AvgIpc) is 3.03. The standard InChI is InChI=1S/C12H13NO5/c14-9-1-2-10(15)13(9)18-11(16)17-7-8-5-12(6-8)3-4-12/h3-4,8H,1-2,5-7H2. The van der Waals surface area contributed by atoms with Crippen LogP contribution in [0.2, 0.25) is 0 Å². The van der Waals surface area contributed by atoms with Crippen LogP contribution in [0, 0.1) is 11.3 Å². The van der Waals surface area contributed by atoms with E-state index in [0.29, 0.717) is 16.4 Å². The maximum Gasteiger partial charge on any atom is 0.533 e. The van der Waals surface area contributed by atoms with Crippen LogP contribution in [-0.2, 0) is 19.2 Å². The first-order valence-corrected chi connectivity index (χ1v) is 5.99. The summed E-state index contributed by atoms with van der Waals surface area (Å²) in [5, 5.41) is 0.493. The molecule has 1 spiro atoms. The van der Waals surface area contributed by atoms with Crippen molar-refractivity contribution in [3.8, 4) is 0 Å². The Hall–Kier alpha value is -1.85. The van der Waals surface area contributed by atoms with Gasteiger partial charge in [0.15, 0.2) is 0 Å². The number of carbonyl (C=O) groups excluding carboxylic acids is 3. The lowest BCUT2D eigenvalue weighted by Crippen LogP contribution is -2.34. The van der Waals surface area contributed by atoms with E-state index in [1.165, 1.54) is 0 Å². The van der Waals surface area contributed by atoms with Crippen LogP contribution >= 0.6 is 0 Å². The molecule has 0 aromatic rings. The first kappa shape index (κ1) is 11.3. The number of amides is 2. The molecule has 3 rings (SSSR count). The van der Waals surface area contributed by atoms with Crippen LogP contribution in [0.3, 0.4) is 0 Å². The molecule has 1 saturated carbocycles. The molecule has 1 heterocycles. The predicted molar refractivity (Wildman–Crippen MR) is 57.8 cm³/mol. The van der Waals surface area contributed by atoms with Crippen LogP contribution in [0.15, 0.2) is 12.2 Å². The molecule has 6 heteroatoms. The summed E-state index contributed by atoms with van der Waals surface area (Å²) in [6, 6.07) is 0. The Bertz CT molecular complexity index is 425. The fourth-order valence-corrected chi connectivity index (χ4v) is 2.47. The smallest absolute Gasteiger partial charge is 0.432 e. The molecular formula is C12H13NO5. The second kappa shape index (κ2) is 3.83. The Morgan fingerprint density at radius 1 is 1.28 bits per heavy atom. The van der Waals surface area contributed by atoms with E-state index < -0.39 is 18.0 Å². The monoisotopic (exact) mass is 251 g/mol. The van der Waals surface area contributed by atoms with Crippen molar-refractivity contribution in [3.05, 3.63) is 12.2 Å². The van der Waals surface area contributed by atoms with E-state index in [9.17, 15) is 14.4 Å². The molecule has 1 aliphatic heterocycles. The number of allylic oxidation sites excluding steroid dienone is 2. The van der Waals surface area contributed by atoms with Crippen molar-refractivity contribution in [1.82, 2.24) is 5.06 Å². The molecule has 2 fully saturated rings. The van der Waals surface area contributed by atoms with Gasteiger partial charge in [0, 0.05) is 18.3 Å². The van der Waals surface area contributed by atoms with E-state index in [1.807, 2.05) is 0 Å². The van der Waals surface area contributed by atoms with Gasteiger partial charge in [-0.2, -0.15) is 0 Å². The highest BCUT2D eigenvalue weighted by molar-refractivity contribution is 6.01. The van der Waals surface area contributed by atoms with Gasteiger partial charge in [-0.25, -0.2) is 4.79 Å². The number of hydroxylamine groups is 2. The summed E-state index contributed by atoms with van der Waals surface area (Å²) >= 11 is 0. The number of hydrogen-bond donors (Lipinski definition) is 0. The van der Waals surface area contributed by atoms with Gasteiger partial charge in [-0.15, -0.1) is 0 Å². The van der Waals surface area contributed by atoms with Gasteiger partial charge in [-0.1, -0.05) is 17.2 Å². The minimum absolute atomic E-state index is 0.0862. The molecule has 0 atom stereocenters. The van der Waals surface area contributed by atoms with E-state index in [-0.39, 0.29) is 19.4 Å². The van der Waals surface area contributed by atoms with Crippen LogP contribution < -0.4 is 0 Å². The molecule has 6 nitrogen and oxygen atoms in total. The summed E-state index contributed by atoms with van der Waals surface area (Å²) in [4.78, 5) is 38.3. The van der Waals surface area contributed by atoms with Crippen molar-refractivity contribution in [1.29, 1.82) is 0 Å². The molecular weight excluding hydrogens is 238 g/mol. The molecule has 0 unspecified atom stereocenters. The number of carbonyl (C=O) groups is 3. The van der Waals surface area contributed by atoms with Crippen molar-refractivity contribution < 1.29 is 24.0 Å². The van der Waals surface area contributed by atoms with Crippen molar-refractivity contribution >= 4 is 18.0 Å². The van der Waals surface area contributed by atoms with E-state index in [2.05, 4.69) is 17.0 Å². The van der Waals surface area contributed by atoms with E-state index in [4.69, 9.17) is 4.74 Å². The summed E-state index contributed by atoms with van der Waals surface area (Å²) in [7, 11) is 0. The summed E-state index contributed by atoms with van der Waals surface area (Å²) in [6.07, 6.45) is 5.51. The summed E-state index contributed by atoms with van der Waals surface area (Å²) < 4.78 is 4.89. The normalized spacial score (nSPS) is 24.3. The van der Waals surface area contributed by atoms with Gasteiger partial charge in [0.05, 0.1) is 6.61 Å². The topological polar surface area (TPSA) is 72.9 Å². The zero-order chi connectivity index (χ0) is 12.8. The van der Waals surface area contributed by atoms with Crippen molar-refractivity contribution in [3.63, 3.8) is 0 Å². The lowest BCUT2D eigenvalue weighted by Gasteiger charge is -2.35. The summed E-state index contributed by atoms with van der Waals surface area (Å²) in [5.41, 5.74) is 0.318.